The average molecular weight is 250 g/mol. The second-order valence-electron chi connectivity index (χ2n) is 4.39. The van der Waals surface area contributed by atoms with Gasteiger partial charge in [0.1, 0.15) is 0 Å². The molecule has 0 N–H and O–H groups in total. The summed E-state index contributed by atoms with van der Waals surface area (Å²) in [5.74, 6) is 0. The molecule has 5 nitrogen and oxygen atoms in total. The molecule has 1 heterocycles. The molecule has 1 fully saturated rings. The second-order valence-corrected chi connectivity index (χ2v) is 6.64. The summed E-state index contributed by atoms with van der Waals surface area (Å²) in [5, 5.41) is 0. The molecule has 1 rings (SSSR count). The van der Waals surface area contributed by atoms with Gasteiger partial charge in [-0.05, 0) is 25.7 Å². The molecule has 0 aromatic carbocycles. The van der Waals surface area contributed by atoms with Crippen LogP contribution in [0.15, 0.2) is 0 Å². The van der Waals surface area contributed by atoms with Crippen molar-refractivity contribution in [3.63, 3.8) is 0 Å². The first-order valence-electron chi connectivity index (χ1n) is 5.70. The van der Waals surface area contributed by atoms with E-state index >= 15 is 0 Å². The van der Waals surface area contributed by atoms with Gasteiger partial charge >= 0.3 is 0 Å². The Bertz CT molecular complexity index is 297. The smallest absolute Gasteiger partial charge is 0.281 e. The first-order valence-corrected chi connectivity index (χ1v) is 7.09. The van der Waals surface area contributed by atoms with Gasteiger partial charge in [-0.25, -0.2) is 0 Å². The Balaban J connectivity index is 2.37. The minimum Gasteiger partial charge on any atom is -0.378 e. The van der Waals surface area contributed by atoms with E-state index in [2.05, 4.69) is 0 Å². The van der Waals surface area contributed by atoms with Crippen LogP contribution in [0.5, 0.6) is 0 Å². The van der Waals surface area contributed by atoms with Crippen molar-refractivity contribution in [2.24, 2.45) is 0 Å². The van der Waals surface area contributed by atoms with Gasteiger partial charge in [0.05, 0.1) is 6.10 Å². The third kappa shape index (κ3) is 3.69. The van der Waals surface area contributed by atoms with E-state index in [1.807, 2.05) is 0 Å². The van der Waals surface area contributed by atoms with Crippen LogP contribution in [0.4, 0.5) is 0 Å². The fraction of sp³-hybridized carbons (Fsp3) is 1.00. The molecule has 0 aromatic heterocycles. The Kier molecular flexibility index (Phi) is 5.17. The summed E-state index contributed by atoms with van der Waals surface area (Å²) in [6.45, 7) is 1.33. The standard InChI is InChI=1S/C10H22N2O3S/c1-11(2)16(13,14)12(3)8-7-10-6-4-5-9-15-10/h10H,4-9H2,1-3H3. The molecule has 0 radical (unpaired) electrons. The van der Waals surface area contributed by atoms with Gasteiger partial charge in [-0.15, -0.1) is 0 Å². The van der Waals surface area contributed by atoms with Crippen molar-refractivity contribution in [1.29, 1.82) is 0 Å². The monoisotopic (exact) mass is 250 g/mol. The quantitative estimate of drug-likeness (QED) is 0.721. The molecular weight excluding hydrogens is 228 g/mol. The fourth-order valence-electron chi connectivity index (χ4n) is 1.76. The highest BCUT2D eigenvalue weighted by molar-refractivity contribution is 7.86. The first kappa shape index (κ1) is 13.9. The van der Waals surface area contributed by atoms with Gasteiger partial charge in [0.2, 0.25) is 0 Å². The first-order chi connectivity index (χ1) is 7.44. The van der Waals surface area contributed by atoms with E-state index < -0.39 is 10.2 Å². The molecule has 96 valence electrons. The largest absolute Gasteiger partial charge is 0.378 e. The van der Waals surface area contributed by atoms with Crippen molar-refractivity contribution in [2.75, 3.05) is 34.3 Å². The zero-order valence-electron chi connectivity index (χ0n) is 10.3. The molecule has 0 aliphatic carbocycles. The molecule has 6 heteroatoms. The van der Waals surface area contributed by atoms with Crippen LogP contribution < -0.4 is 0 Å². The zero-order chi connectivity index (χ0) is 12.2. The lowest BCUT2D eigenvalue weighted by Crippen LogP contribution is -2.39. The molecule has 0 amide bonds. The number of hydrogen-bond donors (Lipinski definition) is 0. The average Bonchev–Trinajstić information content (AvgIpc) is 2.27. The van der Waals surface area contributed by atoms with Crippen molar-refractivity contribution in [3.8, 4) is 0 Å². The molecule has 0 bridgehead atoms. The Morgan fingerprint density at radius 1 is 1.25 bits per heavy atom. The van der Waals surface area contributed by atoms with Crippen LogP contribution in [0.1, 0.15) is 25.7 Å². The van der Waals surface area contributed by atoms with Gasteiger partial charge in [-0.2, -0.15) is 17.0 Å². The maximum absolute atomic E-state index is 11.7. The number of ether oxygens (including phenoxy) is 1. The molecule has 1 saturated heterocycles. The predicted molar refractivity (Wildman–Crippen MR) is 63.4 cm³/mol. The molecular formula is C10H22N2O3S. The van der Waals surface area contributed by atoms with Crippen molar-refractivity contribution < 1.29 is 13.2 Å². The van der Waals surface area contributed by atoms with E-state index in [0.29, 0.717) is 6.54 Å². The van der Waals surface area contributed by atoms with E-state index in [-0.39, 0.29) is 6.10 Å². The van der Waals surface area contributed by atoms with Crippen LogP contribution in [-0.4, -0.2) is 57.4 Å². The zero-order valence-corrected chi connectivity index (χ0v) is 11.2. The lowest BCUT2D eigenvalue weighted by molar-refractivity contribution is 0.00938. The summed E-state index contributed by atoms with van der Waals surface area (Å²) >= 11 is 0. The van der Waals surface area contributed by atoms with Gasteiger partial charge < -0.3 is 4.74 Å². The number of rotatable bonds is 5. The van der Waals surface area contributed by atoms with E-state index in [1.165, 1.54) is 15.0 Å². The summed E-state index contributed by atoms with van der Waals surface area (Å²) < 4.78 is 31.6. The molecule has 1 aliphatic rings. The van der Waals surface area contributed by atoms with Gasteiger partial charge in [0.15, 0.2) is 0 Å². The third-order valence-corrected chi connectivity index (χ3v) is 4.79. The van der Waals surface area contributed by atoms with Crippen LogP contribution >= 0.6 is 0 Å². The van der Waals surface area contributed by atoms with E-state index in [1.54, 1.807) is 21.1 Å². The predicted octanol–water partition coefficient (Wildman–Crippen LogP) is 0.684. The Morgan fingerprint density at radius 3 is 2.44 bits per heavy atom. The Morgan fingerprint density at radius 2 is 1.94 bits per heavy atom. The van der Waals surface area contributed by atoms with Crippen LogP contribution in [0.2, 0.25) is 0 Å². The lowest BCUT2D eigenvalue weighted by atomic mass is 10.1. The van der Waals surface area contributed by atoms with Gasteiger partial charge in [0, 0.05) is 34.3 Å². The van der Waals surface area contributed by atoms with E-state index in [4.69, 9.17) is 4.74 Å². The summed E-state index contributed by atoms with van der Waals surface area (Å²) in [6.07, 6.45) is 4.38. The number of hydrogen-bond acceptors (Lipinski definition) is 3. The third-order valence-electron chi connectivity index (χ3n) is 2.90. The highest BCUT2D eigenvalue weighted by Crippen LogP contribution is 2.16. The Hall–Kier alpha value is -0.170. The molecule has 0 saturated carbocycles. The maximum Gasteiger partial charge on any atom is 0.281 e. The topological polar surface area (TPSA) is 49.9 Å². The fourth-order valence-corrected chi connectivity index (χ4v) is 2.65. The SMILES string of the molecule is CN(C)S(=O)(=O)N(C)CCC1CCCCO1. The highest BCUT2D eigenvalue weighted by Gasteiger charge is 2.22. The molecule has 1 atom stereocenters. The van der Waals surface area contributed by atoms with Crippen molar-refractivity contribution in [2.45, 2.75) is 31.8 Å². The van der Waals surface area contributed by atoms with Gasteiger partial charge in [-0.1, -0.05) is 0 Å². The normalized spacial score (nSPS) is 22.9. The van der Waals surface area contributed by atoms with Crippen LogP contribution in [0, 0.1) is 0 Å². The summed E-state index contributed by atoms with van der Waals surface area (Å²) in [6, 6.07) is 0. The van der Waals surface area contributed by atoms with Crippen LogP contribution in [-0.2, 0) is 14.9 Å². The van der Waals surface area contributed by atoms with Gasteiger partial charge in [0.25, 0.3) is 10.2 Å². The Labute approximate surface area is 98.5 Å². The minimum absolute atomic E-state index is 0.230. The minimum atomic E-state index is -3.27. The molecule has 16 heavy (non-hydrogen) atoms. The van der Waals surface area contributed by atoms with Crippen molar-refractivity contribution in [1.82, 2.24) is 8.61 Å². The van der Waals surface area contributed by atoms with Crippen molar-refractivity contribution in [3.05, 3.63) is 0 Å². The van der Waals surface area contributed by atoms with Gasteiger partial charge in [-0.3, -0.25) is 0 Å². The van der Waals surface area contributed by atoms with Crippen LogP contribution in [0.25, 0.3) is 0 Å². The highest BCUT2D eigenvalue weighted by atomic mass is 32.2. The number of nitrogens with zero attached hydrogens (tertiary/aromatic N) is 2. The van der Waals surface area contributed by atoms with E-state index in [9.17, 15) is 8.42 Å². The molecule has 0 aromatic rings. The van der Waals surface area contributed by atoms with Crippen LogP contribution in [0.3, 0.4) is 0 Å². The molecule has 1 unspecified atom stereocenters. The second kappa shape index (κ2) is 5.95. The summed E-state index contributed by atoms with van der Waals surface area (Å²) in [5.41, 5.74) is 0. The lowest BCUT2D eigenvalue weighted by Gasteiger charge is -2.26. The van der Waals surface area contributed by atoms with Crippen molar-refractivity contribution >= 4 is 10.2 Å². The molecule has 1 aliphatic heterocycles. The van der Waals surface area contributed by atoms with E-state index in [0.717, 1.165) is 25.9 Å². The summed E-state index contributed by atoms with van der Waals surface area (Å²) in [7, 11) is 1.43. The molecule has 0 spiro atoms. The summed E-state index contributed by atoms with van der Waals surface area (Å²) in [4.78, 5) is 0. The maximum atomic E-state index is 11.7.